The summed E-state index contributed by atoms with van der Waals surface area (Å²) in [5.74, 6) is 0.126. The van der Waals surface area contributed by atoms with Crippen molar-refractivity contribution in [1.29, 1.82) is 0 Å². The van der Waals surface area contributed by atoms with E-state index in [4.69, 9.17) is 0 Å². The Morgan fingerprint density at radius 1 is 0.963 bits per heavy atom. The average molecular weight is 363 g/mol. The molecule has 1 heterocycles. The number of carbonyl (C=O) groups excluding carboxylic acids is 1. The molecule has 0 bridgehead atoms. The summed E-state index contributed by atoms with van der Waals surface area (Å²) in [7, 11) is 4.00. The van der Waals surface area contributed by atoms with Crippen LogP contribution in [0.5, 0.6) is 0 Å². The lowest BCUT2D eigenvalue weighted by atomic mass is 9.80. The summed E-state index contributed by atoms with van der Waals surface area (Å²) in [6.07, 6.45) is 2.14. The van der Waals surface area contributed by atoms with Crippen LogP contribution in [0.15, 0.2) is 66.2 Å². The van der Waals surface area contributed by atoms with Crippen molar-refractivity contribution in [2.24, 2.45) is 5.41 Å². The molecule has 142 valence electrons. The van der Waals surface area contributed by atoms with Gasteiger partial charge in [-0.1, -0.05) is 87.5 Å². The van der Waals surface area contributed by atoms with Gasteiger partial charge in [0.1, 0.15) is 5.54 Å². The maximum atomic E-state index is 13.8. The van der Waals surface area contributed by atoms with Gasteiger partial charge in [0.25, 0.3) is 5.91 Å². The molecule has 1 aliphatic heterocycles. The Morgan fingerprint density at radius 3 is 1.96 bits per heavy atom. The lowest BCUT2D eigenvalue weighted by molar-refractivity contribution is -0.132. The van der Waals surface area contributed by atoms with E-state index in [1.807, 2.05) is 48.3 Å². The van der Waals surface area contributed by atoms with E-state index >= 15 is 0 Å². The monoisotopic (exact) mass is 362 g/mol. The van der Waals surface area contributed by atoms with E-state index in [0.717, 1.165) is 16.7 Å². The first kappa shape index (κ1) is 19.4. The third-order valence-corrected chi connectivity index (χ3v) is 5.61. The largest absolute Gasteiger partial charge is 0.327 e. The van der Waals surface area contributed by atoms with E-state index in [-0.39, 0.29) is 17.5 Å². The summed E-state index contributed by atoms with van der Waals surface area (Å²) in [5.41, 5.74) is 2.28. The zero-order chi connectivity index (χ0) is 19.8. The van der Waals surface area contributed by atoms with Crippen LogP contribution >= 0.6 is 0 Å². The molecule has 0 spiro atoms. The summed E-state index contributed by atoms with van der Waals surface area (Å²) in [6, 6.07) is 20.4. The second-order valence-electron chi connectivity index (χ2n) is 8.58. The molecular weight excluding hydrogens is 332 g/mol. The Morgan fingerprint density at radius 2 is 1.48 bits per heavy atom. The summed E-state index contributed by atoms with van der Waals surface area (Å²) in [4.78, 5) is 17.9. The maximum Gasteiger partial charge on any atom is 0.253 e. The lowest BCUT2D eigenvalue weighted by Gasteiger charge is -2.41. The first-order chi connectivity index (χ1) is 12.7. The number of amides is 1. The Labute approximate surface area is 163 Å². The van der Waals surface area contributed by atoms with Crippen LogP contribution in [-0.4, -0.2) is 36.0 Å². The summed E-state index contributed by atoms with van der Waals surface area (Å²) >= 11 is 0. The molecule has 0 aliphatic carbocycles. The molecule has 2 atom stereocenters. The highest BCUT2D eigenvalue weighted by Crippen LogP contribution is 2.47. The van der Waals surface area contributed by atoms with Crippen LogP contribution in [-0.2, 0) is 10.3 Å². The second-order valence-corrected chi connectivity index (χ2v) is 8.58. The third kappa shape index (κ3) is 3.10. The minimum absolute atomic E-state index is 0.00401. The highest BCUT2D eigenvalue weighted by Gasteiger charge is 2.59. The average Bonchev–Trinajstić information content (AvgIpc) is 2.83. The fraction of sp³-hybridized carbons (Fsp3) is 0.375. The molecule has 1 aliphatic rings. The molecule has 0 radical (unpaired) electrons. The van der Waals surface area contributed by atoms with Crippen LogP contribution in [0, 0.1) is 5.41 Å². The second kappa shape index (κ2) is 6.97. The minimum atomic E-state index is -0.802. The molecule has 27 heavy (non-hydrogen) atoms. The van der Waals surface area contributed by atoms with E-state index in [2.05, 4.69) is 70.0 Å². The van der Waals surface area contributed by atoms with Gasteiger partial charge in [-0.25, -0.2) is 0 Å². The molecule has 3 rings (SSSR count). The molecule has 0 aromatic heterocycles. The van der Waals surface area contributed by atoms with Gasteiger partial charge >= 0.3 is 0 Å². The van der Waals surface area contributed by atoms with Crippen LogP contribution in [0.3, 0.4) is 0 Å². The lowest BCUT2D eigenvalue weighted by Crippen LogP contribution is -2.50. The van der Waals surface area contributed by atoms with Gasteiger partial charge in [0.15, 0.2) is 0 Å². The van der Waals surface area contributed by atoms with E-state index in [1.54, 1.807) is 0 Å². The molecule has 1 fully saturated rings. The van der Waals surface area contributed by atoms with Crippen LogP contribution in [0.2, 0.25) is 0 Å². The fourth-order valence-corrected chi connectivity index (χ4v) is 4.71. The van der Waals surface area contributed by atoms with Crippen molar-refractivity contribution in [3.63, 3.8) is 0 Å². The van der Waals surface area contributed by atoms with Gasteiger partial charge in [-0.05, 0) is 36.1 Å². The van der Waals surface area contributed by atoms with Crippen molar-refractivity contribution in [1.82, 2.24) is 9.80 Å². The molecule has 1 amide bonds. The number of hydrogen-bond acceptors (Lipinski definition) is 2. The van der Waals surface area contributed by atoms with Gasteiger partial charge < -0.3 is 4.90 Å². The number of nitrogens with zero attached hydrogens (tertiary/aromatic N) is 2. The van der Waals surface area contributed by atoms with Gasteiger partial charge in [0.2, 0.25) is 0 Å². The molecule has 0 unspecified atom stereocenters. The van der Waals surface area contributed by atoms with Gasteiger partial charge in [-0.2, -0.15) is 0 Å². The Kier molecular flexibility index (Phi) is 5.00. The highest BCUT2D eigenvalue weighted by atomic mass is 16.2. The topological polar surface area (TPSA) is 23.6 Å². The van der Waals surface area contributed by atoms with Crippen molar-refractivity contribution >= 4 is 12.0 Å². The quantitative estimate of drug-likeness (QED) is 0.786. The Hall–Kier alpha value is -2.39. The molecular formula is C24H30N2O. The van der Waals surface area contributed by atoms with Crippen molar-refractivity contribution in [3.05, 3.63) is 77.4 Å². The minimum Gasteiger partial charge on any atom is -0.327 e. The zero-order valence-electron chi connectivity index (χ0n) is 17.2. The smallest absolute Gasteiger partial charge is 0.253 e. The van der Waals surface area contributed by atoms with Gasteiger partial charge in [-0.3, -0.25) is 9.69 Å². The maximum absolute atomic E-state index is 13.8. The van der Waals surface area contributed by atoms with Crippen LogP contribution in [0.1, 0.15) is 38.8 Å². The van der Waals surface area contributed by atoms with E-state index in [1.165, 1.54) is 0 Å². The molecule has 0 saturated carbocycles. The number of hydrogen-bond donors (Lipinski definition) is 0. The Bertz CT molecular complexity index is 836. The standard InChI is InChI=1S/C24H30N2O/c1-18(17-19-13-9-7-10-14-19)24(20-15-11-8-12-16-20)22(27)25(5)21(26(24)6)23(2,3)4/h7-17,21H,1-6H3/b18-17+/t21-,24+/m0/s1. The summed E-state index contributed by atoms with van der Waals surface area (Å²) in [5, 5.41) is 0. The first-order valence-electron chi connectivity index (χ1n) is 9.50. The third-order valence-electron chi connectivity index (χ3n) is 5.61. The zero-order valence-corrected chi connectivity index (χ0v) is 17.2. The highest BCUT2D eigenvalue weighted by molar-refractivity contribution is 5.94. The van der Waals surface area contributed by atoms with Crippen LogP contribution in [0.4, 0.5) is 0 Å². The number of likely N-dealkylation sites (N-methyl/N-ethyl adjacent to an activating group) is 2. The van der Waals surface area contributed by atoms with Crippen molar-refractivity contribution < 1.29 is 4.79 Å². The normalized spacial score (nSPS) is 24.5. The molecule has 3 nitrogen and oxygen atoms in total. The van der Waals surface area contributed by atoms with Crippen molar-refractivity contribution in [3.8, 4) is 0 Å². The van der Waals surface area contributed by atoms with E-state index in [0.29, 0.717) is 0 Å². The predicted molar refractivity (Wildman–Crippen MR) is 112 cm³/mol. The van der Waals surface area contributed by atoms with Gasteiger partial charge in [0.05, 0.1) is 6.17 Å². The number of rotatable bonds is 3. The van der Waals surface area contributed by atoms with Gasteiger partial charge in [-0.15, -0.1) is 0 Å². The van der Waals surface area contributed by atoms with Crippen molar-refractivity contribution in [2.45, 2.75) is 39.4 Å². The fourth-order valence-electron chi connectivity index (χ4n) is 4.71. The van der Waals surface area contributed by atoms with Crippen molar-refractivity contribution in [2.75, 3.05) is 14.1 Å². The molecule has 3 heteroatoms. The summed E-state index contributed by atoms with van der Waals surface area (Å²) < 4.78 is 0. The molecule has 1 saturated heterocycles. The summed E-state index contributed by atoms with van der Waals surface area (Å²) in [6.45, 7) is 8.65. The molecule has 0 N–H and O–H groups in total. The first-order valence-corrected chi connectivity index (χ1v) is 9.50. The van der Waals surface area contributed by atoms with Crippen LogP contribution < -0.4 is 0 Å². The SMILES string of the molecule is C/C(=C\c1ccccc1)[C@@]1(c2ccccc2)C(=O)N(C)[C@H](C(C)(C)C)N1C. The molecule has 2 aromatic carbocycles. The molecule has 2 aromatic rings. The predicted octanol–water partition coefficient (Wildman–Crippen LogP) is 4.76. The van der Waals surface area contributed by atoms with Gasteiger partial charge in [0, 0.05) is 7.05 Å². The van der Waals surface area contributed by atoms with Crippen LogP contribution in [0.25, 0.3) is 6.08 Å². The van der Waals surface area contributed by atoms with E-state index < -0.39 is 5.54 Å². The van der Waals surface area contributed by atoms with E-state index in [9.17, 15) is 4.79 Å². The number of carbonyl (C=O) groups is 1. The number of benzene rings is 2. The Balaban J connectivity index is 2.24.